The van der Waals surface area contributed by atoms with Gasteiger partial charge in [-0.1, -0.05) is 6.07 Å². The number of likely N-dealkylation sites (tertiary alicyclic amines) is 1. The lowest BCUT2D eigenvalue weighted by molar-refractivity contribution is 0.110. The van der Waals surface area contributed by atoms with Crippen molar-refractivity contribution in [2.45, 2.75) is 25.0 Å². The van der Waals surface area contributed by atoms with Crippen molar-refractivity contribution in [3.05, 3.63) is 23.8 Å². The van der Waals surface area contributed by atoms with Crippen molar-refractivity contribution >= 4 is 0 Å². The van der Waals surface area contributed by atoms with Crippen LogP contribution in [0, 0.1) is 0 Å². The van der Waals surface area contributed by atoms with E-state index in [-0.39, 0.29) is 6.10 Å². The monoisotopic (exact) mass is 294 g/mol. The average Bonchev–Trinajstić information content (AvgIpc) is 2.50. The molecular weight excluding hydrogens is 268 g/mol. The van der Waals surface area contributed by atoms with E-state index in [4.69, 9.17) is 9.47 Å². The summed E-state index contributed by atoms with van der Waals surface area (Å²) in [5.74, 6) is 1.44. The third-order valence-corrected chi connectivity index (χ3v) is 3.93. The number of piperidine rings is 1. The van der Waals surface area contributed by atoms with Gasteiger partial charge in [0.1, 0.15) is 6.10 Å². The van der Waals surface area contributed by atoms with Gasteiger partial charge in [0.25, 0.3) is 0 Å². The minimum absolute atomic E-state index is 0.215. The Morgan fingerprint density at radius 1 is 1.33 bits per heavy atom. The van der Waals surface area contributed by atoms with E-state index in [2.05, 4.69) is 17.3 Å². The first-order chi connectivity index (χ1) is 10.1. The van der Waals surface area contributed by atoms with Gasteiger partial charge in [-0.3, -0.25) is 0 Å². The molecule has 1 heterocycles. The summed E-state index contributed by atoms with van der Waals surface area (Å²) in [7, 11) is 5.59. The second kappa shape index (κ2) is 7.64. The van der Waals surface area contributed by atoms with Crippen molar-refractivity contribution in [1.29, 1.82) is 0 Å². The first-order valence-electron chi connectivity index (χ1n) is 7.50. The van der Waals surface area contributed by atoms with E-state index in [0.717, 1.165) is 37.2 Å². The van der Waals surface area contributed by atoms with Crippen LogP contribution in [0.4, 0.5) is 0 Å². The highest BCUT2D eigenvalue weighted by Gasteiger charge is 2.20. The second-order valence-electron chi connectivity index (χ2n) is 5.60. The van der Waals surface area contributed by atoms with Gasteiger partial charge in [0.2, 0.25) is 0 Å². The van der Waals surface area contributed by atoms with Crippen molar-refractivity contribution in [2.75, 3.05) is 40.8 Å². The van der Waals surface area contributed by atoms with Gasteiger partial charge in [-0.05, 0) is 44.6 Å². The van der Waals surface area contributed by atoms with E-state index in [0.29, 0.717) is 12.3 Å². The number of methoxy groups -OCH3 is 1. The predicted molar refractivity (Wildman–Crippen MR) is 83.0 cm³/mol. The van der Waals surface area contributed by atoms with Crippen molar-refractivity contribution in [3.8, 4) is 11.5 Å². The molecule has 0 saturated carbocycles. The van der Waals surface area contributed by atoms with Gasteiger partial charge in [-0.25, -0.2) is 0 Å². The van der Waals surface area contributed by atoms with Gasteiger partial charge < -0.3 is 24.8 Å². The van der Waals surface area contributed by atoms with Crippen LogP contribution in [0.25, 0.3) is 0 Å². The molecule has 0 bridgehead atoms. The van der Waals surface area contributed by atoms with Crippen LogP contribution in [0.5, 0.6) is 11.5 Å². The molecule has 0 amide bonds. The van der Waals surface area contributed by atoms with E-state index >= 15 is 0 Å². The molecule has 0 spiro atoms. The van der Waals surface area contributed by atoms with Crippen LogP contribution in [0.2, 0.25) is 0 Å². The minimum atomic E-state index is -0.541. The van der Waals surface area contributed by atoms with Crippen LogP contribution in [0.3, 0.4) is 0 Å². The van der Waals surface area contributed by atoms with Gasteiger partial charge in [0.05, 0.1) is 13.2 Å². The Bertz CT molecular complexity index is 445. The highest BCUT2D eigenvalue weighted by Crippen LogP contribution is 2.32. The molecular formula is C16H26N2O3. The SMILES string of the molecule is CNCC(O)c1ccc(OC)c(OC2CCN(C)CC2)c1. The van der Waals surface area contributed by atoms with Crippen molar-refractivity contribution in [1.82, 2.24) is 10.2 Å². The molecule has 5 heteroatoms. The number of ether oxygens (including phenoxy) is 2. The van der Waals surface area contributed by atoms with E-state index in [1.165, 1.54) is 0 Å². The van der Waals surface area contributed by atoms with Crippen molar-refractivity contribution in [3.63, 3.8) is 0 Å². The van der Waals surface area contributed by atoms with Crippen LogP contribution < -0.4 is 14.8 Å². The van der Waals surface area contributed by atoms with E-state index < -0.39 is 6.10 Å². The predicted octanol–water partition coefficient (Wildman–Crippen LogP) is 1.42. The maximum absolute atomic E-state index is 10.1. The Labute approximate surface area is 126 Å². The van der Waals surface area contributed by atoms with Crippen LogP contribution in [-0.4, -0.2) is 56.9 Å². The lowest BCUT2D eigenvalue weighted by atomic mass is 10.1. The van der Waals surface area contributed by atoms with Gasteiger partial charge >= 0.3 is 0 Å². The molecule has 2 N–H and O–H groups in total. The number of nitrogens with one attached hydrogen (secondary N) is 1. The van der Waals surface area contributed by atoms with E-state index in [1.807, 2.05) is 25.2 Å². The summed E-state index contributed by atoms with van der Waals surface area (Å²) in [6.07, 6.45) is 1.71. The third-order valence-electron chi connectivity index (χ3n) is 3.93. The highest BCUT2D eigenvalue weighted by molar-refractivity contribution is 5.43. The number of aliphatic hydroxyl groups is 1. The smallest absolute Gasteiger partial charge is 0.161 e. The molecule has 21 heavy (non-hydrogen) atoms. The topological polar surface area (TPSA) is 54.0 Å². The molecule has 1 fully saturated rings. The van der Waals surface area contributed by atoms with E-state index in [1.54, 1.807) is 7.11 Å². The first-order valence-corrected chi connectivity index (χ1v) is 7.50. The maximum Gasteiger partial charge on any atom is 0.161 e. The zero-order chi connectivity index (χ0) is 15.2. The third kappa shape index (κ3) is 4.33. The summed E-state index contributed by atoms with van der Waals surface area (Å²) < 4.78 is 11.5. The molecule has 2 rings (SSSR count). The maximum atomic E-state index is 10.1. The van der Waals surface area contributed by atoms with Crippen molar-refractivity contribution in [2.24, 2.45) is 0 Å². The molecule has 0 aromatic heterocycles. The summed E-state index contributed by atoms with van der Waals surface area (Å²) in [4.78, 5) is 2.31. The number of rotatable bonds is 6. The molecule has 1 aromatic rings. The number of nitrogens with zero attached hydrogens (tertiary/aromatic N) is 1. The summed E-state index contributed by atoms with van der Waals surface area (Å²) in [6, 6.07) is 5.63. The second-order valence-corrected chi connectivity index (χ2v) is 5.60. The fourth-order valence-electron chi connectivity index (χ4n) is 2.59. The van der Waals surface area contributed by atoms with Crippen molar-refractivity contribution < 1.29 is 14.6 Å². The zero-order valence-corrected chi connectivity index (χ0v) is 13.1. The molecule has 0 aliphatic carbocycles. The molecule has 118 valence electrons. The fraction of sp³-hybridized carbons (Fsp3) is 0.625. The highest BCUT2D eigenvalue weighted by atomic mass is 16.5. The van der Waals surface area contributed by atoms with Gasteiger partial charge in [-0.15, -0.1) is 0 Å². The molecule has 0 radical (unpaired) electrons. The minimum Gasteiger partial charge on any atom is -0.493 e. The molecule has 1 atom stereocenters. The zero-order valence-electron chi connectivity index (χ0n) is 13.1. The Hall–Kier alpha value is -1.30. The van der Waals surface area contributed by atoms with Crippen LogP contribution in [0.15, 0.2) is 18.2 Å². The molecule has 5 nitrogen and oxygen atoms in total. The number of aliphatic hydroxyl groups excluding tert-OH is 1. The Morgan fingerprint density at radius 3 is 2.67 bits per heavy atom. The molecule has 1 saturated heterocycles. The summed E-state index contributed by atoms with van der Waals surface area (Å²) in [5.41, 5.74) is 0.841. The first kappa shape index (κ1) is 16.1. The van der Waals surface area contributed by atoms with E-state index in [9.17, 15) is 5.11 Å². The average molecular weight is 294 g/mol. The number of likely N-dealkylation sites (N-methyl/N-ethyl adjacent to an activating group) is 1. The lowest BCUT2D eigenvalue weighted by Crippen LogP contribution is -2.35. The number of hydrogen-bond acceptors (Lipinski definition) is 5. The molecule has 1 unspecified atom stereocenters. The number of benzene rings is 1. The normalized spacial score (nSPS) is 18.5. The van der Waals surface area contributed by atoms with Crippen LogP contribution in [-0.2, 0) is 0 Å². The Balaban J connectivity index is 2.10. The quantitative estimate of drug-likeness (QED) is 0.831. The van der Waals surface area contributed by atoms with Gasteiger partial charge in [0.15, 0.2) is 11.5 Å². The molecule has 1 aromatic carbocycles. The lowest BCUT2D eigenvalue weighted by Gasteiger charge is -2.30. The van der Waals surface area contributed by atoms with Gasteiger partial charge in [-0.2, -0.15) is 0 Å². The largest absolute Gasteiger partial charge is 0.493 e. The van der Waals surface area contributed by atoms with Crippen LogP contribution in [0.1, 0.15) is 24.5 Å². The van der Waals surface area contributed by atoms with Gasteiger partial charge in [0, 0.05) is 19.6 Å². The summed E-state index contributed by atoms with van der Waals surface area (Å²) in [5, 5.41) is 13.1. The summed E-state index contributed by atoms with van der Waals surface area (Å²) in [6.45, 7) is 2.62. The number of hydrogen-bond donors (Lipinski definition) is 2. The Kier molecular flexibility index (Phi) is 5.85. The molecule has 1 aliphatic rings. The standard InChI is InChI=1S/C16H26N2O3/c1-17-11-14(19)12-4-5-15(20-3)16(10-12)21-13-6-8-18(2)9-7-13/h4-5,10,13-14,17,19H,6-9,11H2,1-3H3. The Morgan fingerprint density at radius 2 is 2.05 bits per heavy atom. The molecule has 1 aliphatic heterocycles. The fourth-order valence-corrected chi connectivity index (χ4v) is 2.59. The van der Waals surface area contributed by atoms with Crippen LogP contribution >= 0.6 is 0 Å². The summed E-state index contributed by atoms with van der Waals surface area (Å²) >= 11 is 0.